The standard InChI is InChI=1S/C19H24FN3O3/c1-12(24)21-10-14-9-15(18(25)22-14)13-2-3-17(16(20)8-13)23-6-4-19(5-7-23)11-26-19/h2-3,8,14-15H,4-7,9-11H2,1H3,(H,21,24)(H,22,25)/t14-,15?/m0/s1. The molecule has 0 bridgehead atoms. The average molecular weight is 361 g/mol. The summed E-state index contributed by atoms with van der Waals surface area (Å²) in [5.41, 5.74) is 1.35. The Labute approximate surface area is 152 Å². The quantitative estimate of drug-likeness (QED) is 0.793. The lowest BCUT2D eigenvalue weighted by Crippen LogP contribution is -2.38. The van der Waals surface area contributed by atoms with Gasteiger partial charge in [-0.15, -0.1) is 0 Å². The molecule has 3 fully saturated rings. The summed E-state index contributed by atoms with van der Waals surface area (Å²) in [5.74, 6) is -0.897. The van der Waals surface area contributed by atoms with Crippen LogP contribution in [-0.4, -0.2) is 49.7 Å². The highest BCUT2D eigenvalue weighted by Gasteiger charge is 2.46. The zero-order valence-corrected chi connectivity index (χ0v) is 14.9. The number of carbonyl (C=O) groups is 2. The van der Waals surface area contributed by atoms with Gasteiger partial charge in [-0.25, -0.2) is 4.39 Å². The molecule has 3 aliphatic heterocycles. The normalized spacial score (nSPS) is 26.7. The van der Waals surface area contributed by atoms with E-state index in [0.29, 0.717) is 24.2 Å². The first kappa shape index (κ1) is 17.3. The Morgan fingerprint density at radius 3 is 2.77 bits per heavy atom. The summed E-state index contributed by atoms with van der Waals surface area (Å²) in [5, 5.41) is 5.58. The van der Waals surface area contributed by atoms with Crippen LogP contribution in [0, 0.1) is 5.82 Å². The van der Waals surface area contributed by atoms with Crippen LogP contribution in [0.25, 0.3) is 0 Å². The fourth-order valence-electron chi connectivity index (χ4n) is 3.98. The first-order valence-corrected chi connectivity index (χ1v) is 9.19. The van der Waals surface area contributed by atoms with Crippen molar-refractivity contribution in [3.63, 3.8) is 0 Å². The number of epoxide rings is 1. The zero-order chi connectivity index (χ0) is 18.3. The van der Waals surface area contributed by atoms with Crippen molar-refractivity contribution in [2.24, 2.45) is 0 Å². The monoisotopic (exact) mass is 361 g/mol. The molecule has 1 aromatic carbocycles. The maximum absolute atomic E-state index is 14.7. The maximum atomic E-state index is 14.7. The molecule has 3 aliphatic rings. The van der Waals surface area contributed by atoms with Gasteiger partial charge in [-0.3, -0.25) is 9.59 Å². The molecule has 2 N–H and O–H groups in total. The smallest absolute Gasteiger partial charge is 0.227 e. The number of nitrogens with zero attached hydrogens (tertiary/aromatic N) is 1. The van der Waals surface area contributed by atoms with E-state index in [-0.39, 0.29) is 35.2 Å². The predicted molar refractivity (Wildman–Crippen MR) is 94.5 cm³/mol. The minimum atomic E-state index is -0.373. The van der Waals surface area contributed by atoms with Gasteiger partial charge in [-0.2, -0.15) is 0 Å². The number of rotatable bonds is 4. The first-order valence-electron chi connectivity index (χ1n) is 9.19. The molecule has 3 heterocycles. The molecule has 4 rings (SSSR count). The van der Waals surface area contributed by atoms with Crippen LogP contribution in [0.2, 0.25) is 0 Å². The molecule has 140 valence electrons. The summed E-state index contributed by atoms with van der Waals surface area (Å²) in [6.07, 6.45) is 2.43. The van der Waals surface area contributed by atoms with Crippen LogP contribution in [0.4, 0.5) is 10.1 Å². The molecule has 2 amide bonds. The van der Waals surface area contributed by atoms with Crippen LogP contribution < -0.4 is 15.5 Å². The molecule has 26 heavy (non-hydrogen) atoms. The molecule has 7 heteroatoms. The van der Waals surface area contributed by atoms with Gasteiger partial charge in [-0.05, 0) is 37.0 Å². The third-order valence-electron chi connectivity index (χ3n) is 5.72. The van der Waals surface area contributed by atoms with Crippen LogP contribution >= 0.6 is 0 Å². The second-order valence-electron chi connectivity index (χ2n) is 7.60. The van der Waals surface area contributed by atoms with Gasteiger partial charge in [0.15, 0.2) is 0 Å². The predicted octanol–water partition coefficient (Wildman–Crippen LogP) is 1.30. The highest BCUT2D eigenvalue weighted by atomic mass is 19.1. The number of carbonyl (C=O) groups excluding carboxylic acids is 2. The summed E-state index contributed by atoms with van der Waals surface area (Å²) in [7, 11) is 0. The third-order valence-corrected chi connectivity index (χ3v) is 5.72. The summed E-state index contributed by atoms with van der Waals surface area (Å²) in [4.78, 5) is 25.3. The lowest BCUT2D eigenvalue weighted by Gasteiger charge is -2.32. The first-order chi connectivity index (χ1) is 12.5. The van der Waals surface area contributed by atoms with E-state index in [1.165, 1.54) is 13.0 Å². The van der Waals surface area contributed by atoms with Gasteiger partial charge in [-0.1, -0.05) is 6.07 Å². The second kappa shape index (κ2) is 6.54. The minimum Gasteiger partial charge on any atom is -0.369 e. The van der Waals surface area contributed by atoms with Crippen LogP contribution in [0.1, 0.15) is 37.7 Å². The summed E-state index contributed by atoms with van der Waals surface area (Å²) in [6, 6.07) is 5.00. The van der Waals surface area contributed by atoms with Gasteiger partial charge < -0.3 is 20.3 Å². The lowest BCUT2D eigenvalue weighted by molar-refractivity contribution is -0.121. The molecule has 0 radical (unpaired) electrons. The summed E-state index contributed by atoms with van der Waals surface area (Å²) >= 11 is 0. The Morgan fingerprint density at radius 2 is 2.15 bits per heavy atom. The average Bonchev–Trinajstić information content (AvgIpc) is 3.26. The van der Waals surface area contributed by atoms with E-state index in [0.717, 1.165) is 32.5 Å². The molecule has 0 saturated carbocycles. The Morgan fingerprint density at radius 1 is 1.42 bits per heavy atom. The molecule has 3 saturated heterocycles. The van der Waals surface area contributed by atoms with Gasteiger partial charge >= 0.3 is 0 Å². The zero-order valence-electron chi connectivity index (χ0n) is 14.9. The highest BCUT2D eigenvalue weighted by Crippen LogP contribution is 2.39. The van der Waals surface area contributed by atoms with Crippen LogP contribution in [0.3, 0.4) is 0 Å². The topological polar surface area (TPSA) is 74.0 Å². The van der Waals surface area contributed by atoms with Gasteiger partial charge in [0.25, 0.3) is 0 Å². The van der Waals surface area contributed by atoms with Crippen molar-refractivity contribution >= 4 is 17.5 Å². The second-order valence-corrected chi connectivity index (χ2v) is 7.60. The molecule has 0 aliphatic carbocycles. The van der Waals surface area contributed by atoms with Crippen molar-refractivity contribution in [3.05, 3.63) is 29.6 Å². The number of amides is 2. The van der Waals surface area contributed by atoms with Gasteiger partial charge in [0.05, 0.1) is 23.8 Å². The molecular weight excluding hydrogens is 337 g/mol. The summed E-state index contributed by atoms with van der Waals surface area (Å²) in [6.45, 7) is 4.26. The van der Waals surface area contributed by atoms with Gasteiger partial charge in [0.1, 0.15) is 5.82 Å². The lowest BCUT2D eigenvalue weighted by atomic mass is 9.94. The highest BCUT2D eigenvalue weighted by molar-refractivity contribution is 5.86. The number of ether oxygens (including phenoxy) is 1. The largest absolute Gasteiger partial charge is 0.369 e. The molecular formula is C19H24FN3O3. The molecule has 1 unspecified atom stereocenters. The van der Waals surface area contributed by atoms with Gasteiger partial charge in [0.2, 0.25) is 11.8 Å². The number of piperidine rings is 1. The molecule has 1 spiro atoms. The van der Waals surface area contributed by atoms with Crippen LogP contribution in [0.5, 0.6) is 0 Å². The van der Waals surface area contributed by atoms with Crippen LogP contribution in [-0.2, 0) is 14.3 Å². The number of nitrogens with one attached hydrogen (secondary N) is 2. The Bertz CT molecular complexity index is 725. The molecule has 0 aromatic heterocycles. The fourth-order valence-corrected chi connectivity index (χ4v) is 3.98. The molecule has 2 atom stereocenters. The van der Waals surface area contributed by atoms with Crippen molar-refractivity contribution in [1.29, 1.82) is 0 Å². The number of benzene rings is 1. The SMILES string of the molecule is CC(=O)NC[C@@H]1CC(c2ccc(N3CCC4(CC3)CO4)c(F)c2)C(=O)N1. The number of anilines is 1. The van der Waals surface area contributed by atoms with Crippen molar-refractivity contribution < 1.29 is 18.7 Å². The van der Waals surface area contributed by atoms with E-state index < -0.39 is 0 Å². The van der Waals surface area contributed by atoms with E-state index in [9.17, 15) is 14.0 Å². The number of hydrogen-bond donors (Lipinski definition) is 2. The van der Waals surface area contributed by atoms with E-state index in [2.05, 4.69) is 15.5 Å². The maximum Gasteiger partial charge on any atom is 0.227 e. The van der Waals surface area contributed by atoms with Crippen LogP contribution in [0.15, 0.2) is 18.2 Å². The van der Waals surface area contributed by atoms with Gasteiger partial charge in [0, 0.05) is 32.6 Å². The van der Waals surface area contributed by atoms with E-state index >= 15 is 0 Å². The Kier molecular flexibility index (Phi) is 4.34. The number of hydrogen-bond acceptors (Lipinski definition) is 4. The van der Waals surface area contributed by atoms with Crippen molar-refractivity contribution in [2.75, 3.05) is 31.1 Å². The van der Waals surface area contributed by atoms with Crippen molar-refractivity contribution in [3.8, 4) is 0 Å². The van der Waals surface area contributed by atoms with Crippen molar-refractivity contribution in [2.45, 2.75) is 43.7 Å². The summed E-state index contributed by atoms with van der Waals surface area (Å²) < 4.78 is 20.2. The van der Waals surface area contributed by atoms with E-state index in [4.69, 9.17) is 4.74 Å². The van der Waals surface area contributed by atoms with E-state index in [1.807, 2.05) is 6.07 Å². The number of halogens is 1. The minimum absolute atomic E-state index is 0.0672. The fraction of sp³-hybridized carbons (Fsp3) is 0.579. The molecule has 1 aromatic rings. The Hall–Kier alpha value is -2.15. The third kappa shape index (κ3) is 3.40. The van der Waals surface area contributed by atoms with Crippen molar-refractivity contribution in [1.82, 2.24) is 10.6 Å². The van der Waals surface area contributed by atoms with E-state index in [1.54, 1.807) is 6.07 Å². The Balaban J connectivity index is 1.42. The molecule has 6 nitrogen and oxygen atoms in total.